The van der Waals surface area contributed by atoms with Crippen molar-refractivity contribution < 1.29 is 19.4 Å². The summed E-state index contributed by atoms with van der Waals surface area (Å²) in [6, 6.07) is 5.89. The van der Waals surface area contributed by atoms with E-state index in [1.54, 1.807) is 49.9 Å². The summed E-state index contributed by atoms with van der Waals surface area (Å²) in [6.45, 7) is 6.29. The Labute approximate surface area is 140 Å². The standard InChI is InChI=1S/C16H21ClN2O4/c1-16(2,3)23-15(22)18-12-8-19(9-12)13(14(20)21)10-4-6-11(17)7-5-10/h4-7,12-13H,8-9H2,1-3H3,(H,18,22)(H,20,21). The van der Waals surface area contributed by atoms with Gasteiger partial charge in [-0.15, -0.1) is 0 Å². The molecule has 7 heteroatoms. The highest BCUT2D eigenvalue weighted by molar-refractivity contribution is 6.30. The van der Waals surface area contributed by atoms with Crippen LogP contribution in [0.5, 0.6) is 0 Å². The smallest absolute Gasteiger partial charge is 0.407 e. The highest BCUT2D eigenvalue weighted by atomic mass is 35.5. The highest BCUT2D eigenvalue weighted by Crippen LogP contribution is 2.27. The van der Waals surface area contributed by atoms with Crippen LogP contribution in [0.15, 0.2) is 24.3 Å². The number of amides is 1. The van der Waals surface area contributed by atoms with E-state index in [9.17, 15) is 14.7 Å². The SMILES string of the molecule is CC(C)(C)OC(=O)NC1CN(C(C(=O)O)c2ccc(Cl)cc2)C1. The van der Waals surface area contributed by atoms with Gasteiger partial charge in [0.05, 0.1) is 6.04 Å². The number of rotatable bonds is 4. The first-order valence-corrected chi connectivity index (χ1v) is 7.75. The molecule has 1 heterocycles. The van der Waals surface area contributed by atoms with Crippen molar-refractivity contribution in [3.8, 4) is 0 Å². The predicted molar refractivity (Wildman–Crippen MR) is 86.6 cm³/mol. The quantitative estimate of drug-likeness (QED) is 0.881. The minimum absolute atomic E-state index is 0.112. The number of aliphatic carboxylic acids is 1. The van der Waals surface area contributed by atoms with Crippen molar-refractivity contribution in [2.24, 2.45) is 0 Å². The maximum Gasteiger partial charge on any atom is 0.407 e. The average Bonchev–Trinajstić information content (AvgIpc) is 2.35. The number of likely N-dealkylation sites (tertiary alicyclic amines) is 1. The third-order valence-corrected chi connectivity index (χ3v) is 3.67. The van der Waals surface area contributed by atoms with Crippen molar-refractivity contribution in [3.05, 3.63) is 34.9 Å². The summed E-state index contributed by atoms with van der Waals surface area (Å²) in [4.78, 5) is 25.0. The molecule has 1 amide bonds. The molecule has 23 heavy (non-hydrogen) atoms. The number of carbonyl (C=O) groups excluding carboxylic acids is 1. The summed E-state index contributed by atoms with van der Waals surface area (Å²) in [7, 11) is 0. The Morgan fingerprint density at radius 3 is 2.35 bits per heavy atom. The Kier molecular flexibility index (Phi) is 5.16. The van der Waals surface area contributed by atoms with Crippen LogP contribution in [0.4, 0.5) is 4.79 Å². The van der Waals surface area contributed by atoms with E-state index in [0.29, 0.717) is 23.7 Å². The van der Waals surface area contributed by atoms with Gasteiger partial charge in [-0.1, -0.05) is 23.7 Å². The number of carboxylic acid groups (broad SMARTS) is 1. The molecule has 0 aromatic heterocycles. The fraction of sp³-hybridized carbons (Fsp3) is 0.500. The number of nitrogens with one attached hydrogen (secondary N) is 1. The highest BCUT2D eigenvalue weighted by Gasteiger charge is 2.38. The van der Waals surface area contributed by atoms with Gasteiger partial charge in [0.15, 0.2) is 0 Å². The van der Waals surface area contributed by atoms with E-state index in [2.05, 4.69) is 5.32 Å². The van der Waals surface area contributed by atoms with Crippen LogP contribution < -0.4 is 5.32 Å². The van der Waals surface area contributed by atoms with Gasteiger partial charge in [0.2, 0.25) is 0 Å². The Morgan fingerprint density at radius 2 is 1.87 bits per heavy atom. The lowest BCUT2D eigenvalue weighted by atomic mass is 9.99. The number of carboxylic acids is 1. The van der Waals surface area contributed by atoms with E-state index in [1.807, 2.05) is 0 Å². The Hall–Kier alpha value is -1.79. The van der Waals surface area contributed by atoms with Crippen LogP contribution in [-0.2, 0) is 9.53 Å². The predicted octanol–water partition coefficient (Wildman–Crippen LogP) is 2.67. The van der Waals surface area contributed by atoms with E-state index in [0.717, 1.165) is 0 Å². The molecule has 1 unspecified atom stereocenters. The number of hydrogen-bond donors (Lipinski definition) is 2. The molecule has 1 aliphatic rings. The lowest BCUT2D eigenvalue weighted by Crippen LogP contribution is -2.61. The lowest BCUT2D eigenvalue weighted by Gasteiger charge is -2.43. The zero-order chi connectivity index (χ0) is 17.2. The maximum atomic E-state index is 11.7. The number of benzene rings is 1. The normalized spacial score (nSPS) is 17.2. The molecule has 1 fully saturated rings. The first-order valence-electron chi connectivity index (χ1n) is 7.37. The first-order chi connectivity index (χ1) is 10.7. The number of hydrogen-bond acceptors (Lipinski definition) is 4. The van der Waals surface area contributed by atoms with Crippen LogP contribution >= 0.6 is 11.6 Å². The van der Waals surface area contributed by atoms with Crippen LogP contribution in [0.1, 0.15) is 32.4 Å². The molecule has 1 aromatic carbocycles. The molecule has 1 aliphatic heterocycles. The maximum absolute atomic E-state index is 11.7. The van der Waals surface area contributed by atoms with Gasteiger partial charge >= 0.3 is 12.1 Å². The van der Waals surface area contributed by atoms with Crippen molar-refractivity contribution in [2.75, 3.05) is 13.1 Å². The van der Waals surface area contributed by atoms with Crippen molar-refractivity contribution in [1.82, 2.24) is 10.2 Å². The fourth-order valence-corrected chi connectivity index (χ4v) is 2.57. The second-order valence-electron chi connectivity index (χ2n) is 6.59. The molecule has 126 valence electrons. The Morgan fingerprint density at radius 1 is 1.30 bits per heavy atom. The van der Waals surface area contributed by atoms with Gasteiger partial charge in [0, 0.05) is 18.1 Å². The minimum Gasteiger partial charge on any atom is -0.480 e. The Bertz CT molecular complexity index is 577. The molecule has 2 N–H and O–H groups in total. The summed E-state index contributed by atoms with van der Waals surface area (Å²) < 4.78 is 5.19. The second-order valence-corrected chi connectivity index (χ2v) is 7.03. The molecule has 0 aliphatic carbocycles. The van der Waals surface area contributed by atoms with Gasteiger partial charge in [0.1, 0.15) is 11.6 Å². The first kappa shape index (κ1) is 17.6. The van der Waals surface area contributed by atoms with Crippen LogP contribution in [0, 0.1) is 0 Å². The molecule has 1 saturated heterocycles. The van der Waals surface area contributed by atoms with Crippen molar-refractivity contribution in [1.29, 1.82) is 0 Å². The van der Waals surface area contributed by atoms with E-state index < -0.39 is 23.7 Å². The summed E-state index contributed by atoms with van der Waals surface area (Å²) in [5.74, 6) is -0.928. The monoisotopic (exact) mass is 340 g/mol. The number of carbonyl (C=O) groups is 2. The molecule has 6 nitrogen and oxygen atoms in total. The lowest BCUT2D eigenvalue weighted by molar-refractivity contribution is -0.145. The summed E-state index contributed by atoms with van der Waals surface area (Å²) in [5.41, 5.74) is 0.109. The second kappa shape index (κ2) is 6.76. The van der Waals surface area contributed by atoms with Gasteiger partial charge in [-0.2, -0.15) is 0 Å². The molecular weight excluding hydrogens is 320 g/mol. The van der Waals surface area contributed by atoms with E-state index >= 15 is 0 Å². The number of halogens is 1. The fourth-order valence-electron chi connectivity index (χ4n) is 2.44. The topological polar surface area (TPSA) is 78.9 Å². The van der Waals surface area contributed by atoms with Gasteiger partial charge in [-0.05, 0) is 38.5 Å². The molecule has 0 radical (unpaired) electrons. The van der Waals surface area contributed by atoms with Gasteiger partial charge in [-0.25, -0.2) is 4.79 Å². The number of alkyl carbamates (subject to hydrolysis) is 1. The van der Waals surface area contributed by atoms with Crippen molar-refractivity contribution in [2.45, 2.75) is 38.5 Å². The molecule has 1 atom stereocenters. The summed E-state index contributed by atoms with van der Waals surface area (Å²) in [5, 5.41) is 12.8. The van der Waals surface area contributed by atoms with E-state index in [-0.39, 0.29) is 6.04 Å². The van der Waals surface area contributed by atoms with Crippen LogP contribution in [0.25, 0.3) is 0 Å². The Balaban J connectivity index is 1.92. The van der Waals surface area contributed by atoms with E-state index in [4.69, 9.17) is 16.3 Å². The van der Waals surface area contributed by atoms with Gasteiger partial charge < -0.3 is 15.2 Å². The third kappa shape index (κ3) is 4.84. The number of ether oxygens (including phenoxy) is 1. The van der Waals surface area contributed by atoms with E-state index in [1.165, 1.54) is 0 Å². The van der Waals surface area contributed by atoms with Crippen LogP contribution in [0.3, 0.4) is 0 Å². The number of nitrogens with zero attached hydrogens (tertiary/aromatic N) is 1. The zero-order valence-electron chi connectivity index (χ0n) is 13.4. The zero-order valence-corrected chi connectivity index (χ0v) is 14.1. The molecule has 0 saturated carbocycles. The van der Waals surface area contributed by atoms with Crippen molar-refractivity contribution >= 4 is 23.7 Å². The third-order valence-electron chi connectivity index (χ3n) is 3.42. The summed E-state index contributed by atoms with van der Waals surface area (Å²) >= 11 is 5.83. The minimum atomic E-state index is -0.928. The molecule has 2 rings (SSSR count). The van der Waals surface area contributed by atoms with Crippen LogP contribution in [-0.4, -0.2) is 46.8 Å². The van der Waals surface area contributed by atoms with Crippen molar-refractivity contribution in [3.63, 3.8) is 0 Å². The summed E-state index contributed by atoms with van der Waals surface area (Å²) in [6.07, 6.45) is -0.486. The molecule has 0 spiro atoms. The van der Waals surface area contributed by atoms with Gasteiger partial charge in [-0.3, -0.25) is 9.69 Å². The molecular formula is C16H21ClN2O4. The van der Waals surface area contributed by atoms with Gasteiger partial charge in [0.25, 0.3) is 0 Å². The average molecular weight is 341 g/mol. The largest absolute Gasteiger partial charge is 0.480 e. The molecule has 0 bridgehead atoms. The molecule has 1 aromatic rings. The van der Waals surface area contributed by atoms with Crippen LogP contribution in [0.2, 0.25) is 5.02 Å².